The van der Waals surface area contributed by atoms with E-state index in [1.54, 1.807) is 30.3 Å². The van der Waals surface area contributed by atoms with Crippen LogP contribution in [0.25, 0.3) is 6.08 Å². The van der Waals surface area contributed by atoms with Gasteiger partial charge in [-0.1, -0.05) is 30.3 Å². The third-order valence-corrected chi connectivity index (χ3v) is 4.09. The Labute approximate surface area is 177 Å². The van der Waals surface area contributed by atoms with Gasteiger partial charge in [-0.2, -0.15) is 5.10 Å². The SMILES string of the molecule is O=C(N/N=C\c1ccc(O)c(O)c1)/C(=C/c1ccc(F)cc1)NC(=O)c1ccccc1. The lowest BCUT2D eigenvalue weighted by molar-refractivity contribution is -0.117. The van der Waals surface area contributed by atoms with E-state index in [0.29, 0.717) is 16.7 Å². The molecule has 156 valence electrons. The minimum absolute atomic E-state index is 0.105. The van der Waals surface area contributed by atoms with Crippen molar-refractivity contribution >= 4 is 24.1 Å². The number of hydrogen-bond acceptors (Lipinski definition) is 5. The quantitative estimate of drug-likeness (QED) is 0.213. The molecule has 7 nitrogen and oxygen atoms in total. The van der Waals surface area contributed by atoms with E-state index in [-0.39, 0.29) is 17.2 Å². The summed E-state index contributed by atoms with van der Waals surface area (Å²) in [6, 6.07) is 17.7. The van der Waals surface area contributed by atoms with Crippen LogP contribution in [-0.2, 0) is 4.79 Å². The Balaban J connectivity index is 1.79. The number of aromatic hydroxyl groups is 2. The maximum atomic E-state index is 13.2. The number of halogens is 1. The van der Waals surface area contributed by atoms with E-state index in [1.807, 2.05) is 0 Å². The summed E-state index contributed by atoms with van der Waals surface area (Å²) in [6.45, 7) is 0. The van der Waals surface area contributed by atoms with Crippen LogP contribution in [0, 0.1) is 5.82 Å². The van der Waals surface area contributed by atoms with Gasteiger partial charge >= 0.3 is 0 Å². The first-order valence-corrected chi connectivity index (χ1v) is 9.11. The molecule has 0 bridgehead atoms. The molecule has 0 aliphatic carbocycles. The second-order valence-electron chi connectivity index (χ2n) is 6.38. The van der Waals surface area contributed by atoms with E-state index < -0.39 is 17.6 Å². The first-order valence-electron chi connectivity index (χ1n) is 9.11. The number of benzene rings is 3. The van der Waals surface area contributed by atoms with Crippen LogP contribution in [0.3, 0.4) is 0 Å². The highest BCUT2D eigenvalue weighted by molar-refractivity contribution is 6.05. The first kappa shape index (κ1) is 21.3. The Hall–Kier alpha value is -4.46. The van der Waals surface area contributed by atoms with E-state index in [0.717, 1.165) is 0 Å². The van der Waals surface area contributed by atoms with Crippen LogP contribution in [0.15, 0.2) is 83.6 Å². The summed E-state index contributed by atoms with van der Waals surface area (Å²) in [4.78, 5) is 25.1. The zero-order valence-corrected chi connectivity index (χ0v) is 16.1. The number of amides is 2. The van der Waals surface area contributed by atoms with E-state index in [9.17, 15) is 24.2 Å². The van der Waals surface area contributed by atoms with Gasteiger partial charge in [0.15, 0.2) is 11.5 Å². The number of phenolic OH excluding ortho intramolecular Hbond substituents is 2. The summed E-state index contributed by atoms with van der Waals surface area (Å²) in [6.07, 6.45) is 2.64. The second-order valence-corrected chi connectivity index (χ2v) is 6.38. The standard InChI is InChI=1S/C23H18FN3O4/c24-18-9-6-15(7-10-18)12-19(26-22(30)17-4-2-1-3-5-17)23(31)27-25-14-16-8-11-20(28)21(29)13-16/h1-14,28-29H,(H,26,30)(H,27,31)/b19-12-,25-14-. The topological polar surface area (TPSA) is 111 Å². The molecule has 3 aromatic carbocycles. The summed E-state index contributed by atoms with van der Waals surface area (Å²) in [5.74, 6) is -2.26. The van der Waals surface area contributed by atoms with Gasteiger partial charge in [-0.05, 0) is 59.7 Å². The van der Waals surface area contributed by atoms with Crippen molar-refractivity contribution in [3.63, 3.8) is 0 Å². The molecule has 8 heteroatoms. The number of nitrogens with zero attached hydrogens (tertiary/aromatic N) is 1. The molecule has 3 aromatic rings. The molecule has 0 heterocycles. The molecule has 0 saturated heterocycles. The Bertz CT molecular complexity index is 1140. The largest absolute Gasteiger partial charge is 0.504 e. The highest BCUT2D eigenvalue weighted by Crippen LogP contribution is 2.23. The predicted molar refractivity (Wildman–Crippen MR) is 114 cm³/mol. The molecule has 0 spiro atoms. The number of nitrogens with one attached hydrogen (secondary N) is 2. The zero-order chi connectivity index (χ0) is 22.2. The van der Waals surface area contributed by atoms with Crippen LogP contribution < -0.4 is 10.7 Å². The predicted octanol–water partition coefficient (Wildman–Crippen LogP) is 3.16. The Kier molecular flexibility index (Phi) is 6.74. The van der Waals surface area contributed by atoms with Crippen LogP contribution in [-0.4, -0.2) is 28.2 Å². The van der Waals surface area contributed by atoms with Crippen molar-refractivity contribution in [2.24, 2.45) is 5.10 Å². The number of hydrogen-bond donors (Lipinski definition) is 4. The normalized spacial score (nSPS) is 11.3. The fourth-order valence-electron chi connectivity index (χ4n) is 2.51. The molecule has 0 saturated carbocycles. The lowest BCUT2D eigenvalue weighted by atomic mass is 10.1. The second kappa shape index (κ2) is 9.84. The van der Waals surface area contributed by atoms with Gasteiger partial charge < -0.3 is 15.5 Å². The van der Waals surface area contributed by atoms with Crippen LogP contribution in [0.2, 0.25) is 0 Å². The van der Waals surface area contributed by atoms with Crippen molar-refractivity contribution in [2.75, 3.05) is 0 Å². The highest BCUT2D eigenvalue weighted by atomic mass is 19.1. The van der Waals surface area contributed by atoms with Gasteiger partial charge in [0, 0.05) is 5.56 Å². The van der Waals surface area contributed by atoms with Crippen molar-refractivity contribution in [1.82, 2.24) is 10.7 Å². The minimum atomic E-state index is -0.715. The zero-order valence-electron chi connectivity index (χ0n) is 16.1. The third-order valence-electron chi connectivity index (χ3n) is 4.09. The van der Waals surface area contributed by atoms with Crippen LogP contribution in [0.4, 0.5) is 4.39 Å². The molecule has 31 heavy (non-hydrogen) atoms. The Morgan fingerprint density at radius 3 is 2.23 bits per heavy atom. The third kappa shape index (κ3) is 6.01. The fourth-order valence-corrected chi connectivity index (χ4v) is 2.51. The number of phenols is 2. The summed E-state index contributed by atoms with van der Waals surface area (Å²) >= 11 is 0. The molecule has 0 unspecified atom stereocenters. The van der Waals surface area contributed by atoms with Crippen LogP contribution in [0.1, 0.15) is 21.5 Å². The monoisotopic (exact) mass is 419 g/mol. The van der Waals surface area contributed by atoms with E-state index in [1.165, 1.54) is 54.8 Å². The molecule has 3 rings (SSSR count). The van der Waals surface area contributed by atoms with Gasteiger partial charge in [0.25, 0.3) is 11.8 Å². The molecular weight excluding hydrogens is 401 g/mol. The summed E-state index contributed by atoms with van der Waals surface area (Å²) in [5.41, 5.74) is 3.44. The van der Waals surface area contributed by atoms with Gasteiger partial charge in [-0.15, -0.1) is 0 Å². The maximum Gasteiger partial charge on any atom is 0.287 e. The highest BCUT2D eigenvalue weighted by Gasteiger charge is 2.14. The van der Waals surface area contributed by atoms with Crippen LogP contribution >= 0.6 is 0 Å². The molecule has 0 radical (unpaired) electrons. The number of carbonyl (C=O) groups excluding carboxylic acids is 2. The lowest BCUT2D eigenvalue weighted by Gasteiger charge is -2.09. The summed E-state index contributed by atoms with van der Waals surface area (Å²) < 4.78 is 13.2. The molecule has 0 aromatic heterocycles. The summed E-state index contributed by atoms with van der Waals surface area (Å²) in [5, 5.41) is 25.2. The average Bonchev–Trinajstić information content (AvgIpc) is 2.77. The van der Waals surface area contributed by atoms with Gasteiger partial charge in [0.05, 0.1) is 6.21 Å². The van der Waals surface area contributed by atoms with Crippen LogP contribution in [0.5, 0.6) is 11.5 Å². The van der Waals surface area contributed by atoms with Crippen molar-refractivity contribution in [3.8, 4) is 11.5 Å². The first-order chi connectivity index (χ1) is 14.9. The minimum Gasteiger partial charge on any atom is -0.504 e. The van der Waals surface area contributed by atoms with Gasteiger partial charge in [0.2, 0.25) is 0 Å². The van der Waals surface area contributed by atoms with Crippen molar-refractivity contribution in [1.29, 1.82) is 0 Å². The lowest BCUT2D eigenvalue weighted by Crippen LogP contribution is -2.32. The van der Waals surface area contributed by atoms with Gasteiger partial charge in [-0.25, -0.2) is 9.82 Å². The molecule has 0 aliphatic heterocycles. The van der Waals surface area contributed by atoms with Crippen molar-refractivity contribution in [2.45, 2.75) is 0 Å². The van der Waals surface area contributed by atoms with E-state index in [2.05, 4.69) is 15.8 Å². The smallest absolute Gasteiger partial charge is 0.287 e. The van der Waals surface area contributed by atoms with Gasteiger partial charge in [-0.3, -0.25) is 9.59 Å². The molecule has 0 aliphatic rings. The molecule has 0 fully saturated rings. The molecule has 0 atom stereocenters. The van der Waals surface area contributed by atoms with Crippen molar-refractivity contribution in [3.05, 3.63) is 101 Å². The summed E-state index contributed by atoms with van der Waals surface area (Å²) in [7, 11) is 0. The Morgan fingerprint density at radius 1 is 0.871 bits per heavy atom. The van der Waals surface area contributed by atoms with E-state index in [4.69, 9.17) is 0 Å². The molecule has 4 N–H and O–H groups in total. The maximum absolute atomic E-state index is 13.2. The Morgan fingerprint density at radius 2 is 1.55 bits per heavy atom. The average molecular weight is 419 g/mol. The fraction of sp³-hybridized carbons (Fsp3) is 0. The van der Waals surface area contributed by atoms with Gasteiger partial charge in [0.1, 0.15) is 11.5 Å². The number of rotatable bonds is 6. The number of hydrazone groups is 1. The molecule has 2 amide bonds. The van der Waals surface area contributed by atoms with Crippen molar-refractivity contribution < 1.29 is 24.2 Å². The van der Waals surface area contributed by atoms with E-state index >= 15 is 0 Å². The number of carbonyl (C=O) groups is 2. The molecular formula is C23H18FN3O4.